The van der Waals surface area contributed by atoms with Crippen LogP contribution in [0.25, 0.3) is 0 Å². The third-order valence-electron chi connectivity index (χ3n) is 4.97. The molecule has 0 bridgehead atoms. The van der Waals surface area contributed by atoms with Gasteiger partial charge >= 0.3 is 0 Å². The molecule has 2 aliphatic rings. The number of hydrogen-bond acceptors (Lipinski definition) is 4. The van der Waals surface area contributed by atoms with Crippen molar-refractivity contribution >= 4 is 16.0 Å². The Morgan fingerprint density at radius 3 is 1.54 bits per heavy atom. The van der Waals surface area contributed by atoms with Crippen LogP contribution in [-0.2, 0) is 0 Å². The summed E-state index contributed by atoms with van der Waals surface area (Å²) in [4.78, 5) is 8.53. The molecule has 0 N–H and O–H groups in total. The lowest BCUT2D eigenvalue weighted by molar-refractivity contribution is 0.111. The topological polar surface area (TPSA) is 13.0 Å². The lowest BCUT2D eigenvalue weighted by atomic mass is 10.0. The van der Waals surface area contributed by atoms with Crippen molar-refractivity contribution in [1.29, 1.82) is 0 Å². The Kier molecular flexibility index (Phi) is 15.5. The Bertz CT molecular complexity index is 254. The van der Waals surface area contributed by atoms with E-state index in [4.69, 9.17) is 16.0 Å². The van der Waals surface area contributed by atoms with Crippen molar-refractivity contribution in [1.82, 2.24) is 19.4 Å². The molecule has 140 valence electrons. The summed E-state index contributed by atoms with van der Waals surface area (Å²) in [6, 6.07) is 2.17. The Morgan fingerprint density at radius 2 is 1.12 bits per heavy atom. The molecule has 4 nitrogen and oxygen atoms in total. The van der Waals surface area contributed by atoms with Gasteiger partial charge in [-0.15, -0.1) is 0 Å². The summed E-state index contributed by atoms with van der Waals surface area (Å²) < 4.78 is 0. The van der Waals surface area contributed by atoms with Gasteiger partial charge in [0.1, 0.15) is 0 Å². The zero-order valence-corrected chi connectivity index (χ0v) is 18.1. The van der Waals surface area contributed by atoms with Gasteiger partial charge in [0.15, 0.2) is 16.0 Å². The SMILES string of the molecule is CC.CC.[B]N1CC(C)N(C)CC1C.[B]N1CCN(C)C(C)C1C. The zero-order chi connectivity index (χ0) is 19.4. The Morgan fingerprint density at radius 1 is 0.625 bits per heavy atom. The maximum absolute atomic E-state index is 5.74. The van der Waals surface area contributed by atoms with Gasteiger partial charge in [-0.3, -0.25) is 0 Å². The molecule has 0 aromatic heterocycles. The number of rotatable bonds is 0. The van der Waals surface area contributed by atoms with Crippen molar-refractivity contribution in [2.75, 3.05) is 40.3 Å². The minimum Gasteiger partial charge on any atom is -0.349 e. The molecule has 0 spiro atoms. The van der Waals surface area contributed by atoms with Crippen LogP contribution >= 0.6 is 0 Å². The fourth-order valence-electron chi connectivity index (χ4n) is 2.65. The number of likely N-dealkylation sites (N-methyl/N-ethyl adjacent to an activating group) is 2. The Hall–Kier alpha value is -0.0301. The maximum Gasteiger partial charge on any atom is 0.182 e. The standard InChI is InChI=1S/2C7H15BN2.2C2H6/c1-6-5-10(8)7(2)4-9(6)3;1-6-7(2)10(8)5-4-9(6)3;2*1-2/h2*6-7H,4-5H2,1-3H3;2*1-2H3. The fourth-order valence-corrected chi connectivity index (χ4v) is 2.65. The molecule has 0 aliphatic carbocycles. The average molecular weight is 336 g/mol. The van der Waals surface area contributed by atoms with Gasteiger partial charge in [0.25, 0.3) is 0 Å². The van der Waals surface area contributed by atoms with Crippen LogP contribution in [0.5, 0.6) is 0 Å². The van der Waals surface area contributed by atoms with Crippen LogP contribution < -0.4 is 0 Å². The second kappa shape index (κ2) is 14.2. The van der Waals surface area contributed by atoms with E-state index < -0.39 is 0 Å². The molecule has 2 fully saturated rings. The lowest BCUT2D eigenvalue weighted by Gasteiger charge is -2.42. The van der Waals surface area contributed by atoms with Crippen molar-refractivity contribution in [2.45, 2.75) is 79.6 Å². The highest BCUT2D eigenvalue weighted by Gasteiger charge is 2.24. The molecule has 24 heavy (non-hydrogen) atoms. The molecule has 0 amide bonds. The maximum atomic E-state index is 5.74. The van der Waals surface area contributed by atoms with Crippen molar-refractivity contribution in [3.63, 3.8) is 0 Å². The van der Waals surface area contributed by atoms with Gasteiger partial charge in [0.05, 0.1) is 0 Å². The van der Waals surface area contributed by atoms with Crippen LogP contribution in [0.1, 0.15) is 55.4 Å². The first kappa shape index (κ1) is 26.2. The molecular formula is C18H42B2N4. The summed E-state index contributed by atoms with van der Waals surface area (Å²) in [5.74, 6) is 0. The van der Waals surface area contributed by atoms with E-state index in [-0.39, 0.29) is 0 Å². The summed E-state index contributed by atoms with van der Waals surface area (Å²) >= 11 is 0. The highest BCUT2D eigenvalue weighted by molar-refractivity contribution is 6.04. The molecule has 0 aromatic carbocycles. The highest BCUT2D eigenvalue weighted by atomic mass is 15.3. The van der Waals surface area contributed by atoms with Crippen molar-refractivity contribution in [3.05, 3.63) is 0 Å². The molecule has 2 aliphatic heterocycles. The first-order valence-corrected chi connectivity index (χ1v) is 9.67. The molecule has 4 atom stereocenters. The third-order valence-corrected chi connectivity index (χ3v) is 4.97. The summed E-state index contributed by atoms with van der Waals surface area (Å²) in [5.41, 5.74) is 0. The van der Waals surface area contributed by atoms with Gasteiger partial charge in [-0.05, 0) is 48.3 Å². The van der Waals surface area contributed by atoms with Crippen molar-refractivity contribution in [3.8, 4) is 0 Å². The number of hydrogen-bond donors (Lipinski definition) is 0. The van der Waals surface area contributed by atoms with E-state index in [1.165, 1.54) is 0 Å². The molecule has 4 radical (unpaired) electrons. The van der Waals surface area contributed by atoms with Gasteiger partial charge in [-0.2, -0.15) is 0 Å². The average Bonchev–Trinajstić information content (AvgIpc) is 2.59. The van der Waals surface area contributed by atoms with E-state index in [9.17, 15) is 0 Å². The predicted octanol–water partition coefficient (Wildman–Crippen LogP) is 2.24. The van der Waals surface area contributed by atoms with E-state index in [1.807, 2.05) is 37.3 Å². The van der Waals surface area contributed by atoms with E-state index in [1.54, 1.807) is 0 Å². The molecule has 2 heterocycles. The zero-order valence-electron chi connectivity index (χ0n) is 18.1. The predicted molar refractivity (Wildman–Crippen MR) is 111 cm³/mol. The van der Waals surface area contributed by atoms with E-state index in [2.05, 4.69) is 51.6 Å². The van der Waals surface area contributed by atoms with E-state index in [0.717, 1.165) is 26.2 Å². The van der Waals surface area contributed by atoms with Gasteiger partial charge in [-0.1, -0.05) is 27.7 Å². The monoisotopic (exact) mass is 336 g/mol. The van der Waals surface area contributed by atoms with E-state index in [0.29, 0.717) is 24.2 Å². The number of nitrogens with zero attached hydrogens (tertiary/aromatic N) is 4. The van der Waals surface area contributed by atoms with Crippen LogP contribution in [-0.4, -0.2) is 99.8 Å². The van der Waals surface area contributed by atoms with Gasteiger partial charge in [-0.25, -0.2) is 0 Å². The minimum atomic E-state index is 0.485. The summed E-state index contributed by atoms with van der Waals surface area (Å²) in [5, 5.41) is 0. The van der Waals surface area contributed by atoms with Crippen LogP contribution in [0.15, 0.2) is 0 Å². The molecule has 2 rings (SSSR count). The quantitative estimate of drug-likeness (QED) is 0.629. The first-order valence-electron chi connectivity index (χ1n) is 9.67. The molecule has 6 heteroatoms. The fraction of sp³-hybridized carbons (Fsp3) is 1.00. The van der Waals surface area contributed by atoms with E-state index >= 15 is 0 Å². The molecule has 4 unspecified atom stereocenters. The summed E-state index contributed by atoms with van der Waals surface area (Å²) in [6.45, 7) is 20.9. The van der Waals surface area contributed by atoms with Crippen LogP contribution in [0.2, 0.25) is 0 Å². The molecule has 0 saturated carbocycles. The van der Waals surface area contributed by atoms with Gasteiger partial charge < -0.3 is 19.4 Å². The molecular weight excluding hydrogens is 294 g/mol. The Labute approximate surface area is 155 Å². The second-order valence-electron chi connectivity index (χ2n) is 6.53. The van der Waals surface area contributed by atoms with Gasteiger partial charge in [0.2, 0.25) is 0 Å². The van der Waals surface area contributed by atoms with Crippen molar-refractivity contribution in [2.24, 2.45) is 0 Å². The minimum absolute atomic E-state index is 0.485. The van der Waals surface area contributed by atoms with Gasteiger partial charge in [0, 0.05) is 43.8 Å². The third kappa shape index (κ3) is 8.89. The van der Waals surface area contributed by atoms with Crippen LogP contribution in [0, 0.1) is 0 Å². The lowest BCUT2D eigenvalue weighted by Crippen LogP contribution is -2.54. The number of piperazine rings is 2. The highest BCUT2D eigenvalue weighted by Crippen LogP contribution is 2.12. The summed E-state index contributed by atoms with van der Waals surface area (Å²) in [6.07, 6.45) is 0. The Balaban J connectivity index is 0. The molecule has 2 saturated heterocycles. The van der Waals surface area contributed by atoms with Crippen LogP contribution in [0.3, 0.4) is 0 Å². The summed E-state index contributed by atoms with van der Waals surface area (Å²) in [7, 11) is 15.8. The molecule has 0 aromatic rings. The first-order chi connectivity index (χ1) is 11.2. The van der Waals surface area contributed by atoms with Crippen molar-refractivity contribution < 1.29 is 0 Å². The smallest absolute Gasteiger partial charge is 0.182 e. The van der Waals surface area contributed by atoms with Crippen LogP contribution in [0.4, 0.5) is 0 Å². The largest absolute Gasteiger partial charge is 0.349 e. The second-order valence-corrected chi connectivity index (χ2v) is 6.53. The normalized spacial score (nSPS) is 32.4.